The van der Waals surface area contributed by atoms with Crippen LogP contribution in [-0.4, -0.2) is 16.8 Å². The summed E-state index contributed by atoms with van der Waals surface area (Å²) < 4.78 is 0. The SMILES string of the molecule is O=C(/C=C/c1ccccc1)CC1(O)C(=O)Nc2cc(Cl)cc(Cl)c21. The van der Waals surface area contributed by atoms with Crippen LogP contribution in [0.25, 0.3) is 6.08 Å². The molecule has 6 heteroatoms. The predicted octanol–water partition coefficient (Wildman–Crippen LogP) is 3.81. The molecule has 1 aliphatic rings. The van der Waals surface area contributed by atoms with Crippen molar-refractivity contribution >= 4 is 46.7 Å². The monoisotopic (exact) mass is 361 g/mol. The lowest BCUT2D eigenvalue weighted by molar-refractivity contribution is -0.138. The summed E-state index contributed by atoms with van der Waals surface area (Å²) in [6.07, 6.45) is 2.56. The Bertz CT molecular complexity index is 849. The minimum atomic E-state index is -2.00. The molecule has 3 rings (SSSR count). The number of anilines is 1. The van der Waals surface area contributed by atoms with Gasteiger partial charge in [0, 0.05) is 10.6 Å². The van der Waals surface area contributed by atoms with Gasteiger partial charge in [-0.05, 0) is 23.8 Å². The highest BCUT2D eigenvalue weighted by Crippen LogP contribution is 2.44. The first kappa shape index (κ1) is 16.7. The topological polar surface area (TPSA) is 66.4 Å². The van der Waals surface area contributed by atoms with Gasteiger partial charge >= 0.3 is 0 Å². The molecule has 2 N–H and O–H groups in total. The quantitative estimate of drug-likeness (QED) is 0.813. The number of nitrogens with one attached hydrogen (secondary N) is 1. The lowest BCUT2D eigenvalue weighted by atomic mass is 9.89. The second-order valence-corrected chi connectivity index (χ2v) is 6.36. The molecule has 122 valence electrons. The number of aliphatic hydroxyl groups is 1. The Kier molecular flexibility index (Phi) is 4.45. The van der Waals surface area contributed by atoms with E-state index in [0.29, 0.717) is 10.7 Å². The average Bonchev–Trinajstić information content (AvgIpc) is 2.77. The van der Waals surface area contributed by atoms with E-state index < -0.39 is 23.7 Å². The Hall–Kier alpha value is -2.14. The summed E-state index contributed by atoms with van der Waals surface area (Å²) >= 11 is 12.0. The summed E-state index contributed by atoms with van der Waals surface area (Å²) in [6, 6.07) is 12.2. The highest BCUT2D eigenvalue weighted by atomic mass is 35.5. The molecule has 1 heterocycles. The van der Waals surface area contributed by atoms with Crippen LogP contribution < -0.4 is 5.32 Å². The van der Waals surface area contributed by atoms with Crippen LogP contribution in [0.4, 0.5) is 5.69 Å². The van der Waals surface area contributed by atoms with Crippen LogP contribution in [-0.2, 0) is 15.2 Å². The van der Waals surface area contributed by atoms with E-state index in [1.54, 1.807) is 6.08 Å². The molecule has 0 aromatic heterocycles. The van der Waals surface area contributed by atoms with Crippen molar-refractivity contribution in [1.82, 2.24) is 0 Å². The third-order valence-corrected chi connectivity index (χ3v) is 4.30. The summed E-state index contributed by atoms with van der Waals surface area (Å²) in [4.78, 5) is 24.4. The maximum atomic E-state index is 12.2. The molecule has 0 saturated carbocycles. The number of halogens is 2. The Balaban J connectivity index is 1.86. The summed E-state index contributed by atoms with van der Waals surface area (Å²) in [5.41, 5.74) is -0.659. The molecule has 0 spiro atoms. The molecular weight excluding hydrogens is 349 g/mol. The van der Waals surface area contributed by atoms with E-state index in [0.717, 1.165) is 5.56 Å². The largest absolute Gasteiger partial charge is 0.375 e. The van der Waals surface area contributed by atoms with Gasteiger partial charge in [-0.3, -0.25) is 9.59 Å². The zero-order valence-corrected chi connectivity index (χ0v) is 13.9. The fraction of sp³-hybridized carbons (Fsp3) is 0.111. The van der Waals surface area contributed by atoms with Crippen molar-refractivity contribution in [2.24, 2.45) is 0 Å². The number of carbonyl (C=O) groups is 2. The predicted molar refractivity (Wildman–Crippen MR) is 94.1 cm³/mol. The van der Waals surface area contributed by atoms with Gasteiger partial charge in [-0.15, -0.1) is 0 Å². The molecule has 24 heavy (non-hydrogen) atoms. The van der Waals surface area contributed by atoms with Crippen LogP contribution in [0.15, 0.2) is 48.5 Å². The summed E-state index contributed by atoms with van der Waals surface area (Å²) in [6.45, 7) is 0. The third-order valence-electron chi connectivity index (χ3n) is 3.78. The summed E-state index contributed by atoms with van der Waals surface area (Å²) in [5, 5.41) is 13.7. The highest BCUT2D eigenvalue weighted by molar-refractivity contribution is 6.36. The Morgan fingerprint density at radius 2 is 1.92 bits per heavy atom. The molecule has 0 bridgehead atoms. The van der Waals surface area contributed by atoms with E-state index in [1.807, 2.05) is 30.3 Å². The number of ketones is 1. The average molecular weight is 362 g/mol. The molecule has 1 unspecified atom stereocenters. The molecular formula is C18H13Cl2NO3. The van der Waals surface area contributed by atoms with Gasteiger partial charge in [-0.25, -0.2) is 0 Å². The first-order chi connectivity index (χ1) is 11.4. The number of rotatable bonds is 4. The van der Waals surface area contributed by atoms with Crippen molar-refractivity contribution in [2.75, 3.05) is 5.32 Å². The maximum absolute atomic E-state index is 12.2. The molecule has 0 aliphatic carbocycles. The number of hydrogen-bond donors (Lipinski definition) is 2. The zero-order chi connectivity index (χ0) is 17.3. The maximum Gasteiger partial charge on any atom is 0.261 e. The van der Waals surface area contributed by atoms with Gasteiger partial charge in [-0.2, -0.15) is 0 Å². The molecule has 0 saturated heterocycles. The number of hydrogen-bond acceptors (Lipinski definition) is 3. The molecule has 2 aromatic rings. The van der Waals surface area contributed by atoms with E-state index in [2.05, 4.69) is 5.32 Å². The Morgan fingerprint density at radius 1 is 1.21 bits per heavy atom. The molecule has 1 aliphatic heterocycles. The van der Waals surface area contributed by atoms with Crippen molar-refractivity contribution in [3.05, 3.63) is 69.7 Å². The zero-order valence-electron chi connectivity index (χ0n) is 12.4. The fourth-order valence-electron chi connectivity index (χ4n) is 2.66. The first-order valence-corrected chi connectivity index (χ1v) is 7.95. The summed E-state index contributed by atoms with van der Waals surface area (Å²) in [5.74, 6) is -1.08. The number of amides is 1. The van der Waals surface area contributed by atoms with Crippen molar-refractivity contribution < 1.29 is 14.7 Å². The van der Waals surface area contributed by atoms with Crippen LogP contribution in [0.2, 0.25) is 10.0 Å². The smallest absolute Gasteiger partial charge is 0.261 e. The molecule has 2 aromatic carbocycles. The van der Waals surface area contributed by atoms with Crippen LogP contribution in [0.3, 0.4) is 0 Å². The van der Waals surface area contributed by atoms with Gasteiger partial charge in [0.2, 0.25) is 0 Å². The van der Waals surface area contributed by atoms with Crippen LogP contribution >= 0.6 is 23.2 Å². The van der Waals surface area contributed by atoms with E-state index >= 15 is 0 Å². The number of fused-ring (bicyclic) bond motifs is 1. The number of allylic oxidation sites excluding steroid dienone is 1. The van der Waals surface area contributed by atoms with Gasteiger partial charge in [0.25, 0.3) is 5.91 Å². The normalized spacial score (nSPS) is 19.4. The Labute approximate surface area is 148 Å². The van der Waals surface area contributed by atoms with Gasteiger partial charge in [0.05, 0.1) is 17.1 Å². The first-order valence-electron chi connectivity index (χ1n) is 7.19. The minimum absolute atomic E-state index is 0.137. The van der Waals surface area contributed by atoms with Crippen molar-refractivity contribution in [3.63, 3.8) is 0 Å². The van der Waals surface area contributed by atoms with Crippen LogP contribution in [0, 0.1) is 0 Å². The van der Waals surface area contributed by atoms with Crippen molar-refractivity contribution in [2.45, 2.75) is 12.0 Å². The lowest BCUT2D eigenvalue weighted by Gasteiger charge is -2.20. The Morgan fingerprint density at radius 3 is 2.62 bits per heavy atom. The summed E-state index contributed by atoms with van der Waals surface area (Å²) in [7, 11) is 0. The van der Waals surface area contributed by atoms with Crippen molar-refractivity contribution in [1.29, 1.82) is 0 Å². The molecule has 1 amide bonds. The minimum Gasteiger partial charge on any atom is -0.375 e. The van der Waals surface area contributed by atoms with Gasteiger partial charge < -0.3 is 10.4 Å². The fourth-order valence-corrected chi connectivity index (χ4v) is 3.31. The van der Waals surface area contributed by atoms with Gasteiger partial charge in [0.1, 0.15) is 0 Å². The molecule has 0 fully saturated rings. The van der Waals surface area contributed by atoms with Gasteiger partial charge in [-0.1, -0.05) is 59.6 Å². The molecule has 0 radical (unpaired) electrons. The molecule has 4 nitrogen and oxygen atoms in total. The lowest BCUT2D eigenvalue weighted by Crippen LogP contribution is -2.36. The van der Waals surface area contributed by atoms with E-state index in [-0.39, 0.29) is 10.6 Å². The highest BCUT2D eigenvalue weighted by Gasteiger charge is 2.48. The number of benzene rings is 2. The van der Waals surface area contributed by atoms with E-state index in [9.17, 15) is 14.7 Å². The van der Waals surface area contributed by atoms with E-state index in [4.69, 9.17) is 23.2 Å². The second-order valence-electron chi connectivity index (χ2n) is 5.51. The molecule has 1 atom stereocenters. The third kappa shape index (κ3) is 3.08. The second kappa shape index (κ2) is 6.40. The van der Waals surface area contributed by atoms with Crippen LogP contribution in [0.5, 0.6) is 0 Å². The van der Waals surface area contributed by atoms with E-state index in [1.165, 1.54) is 18.2 Å². The van der Waals surface area contributed by atoms with Gasteiger partial charge in [0.15, 0.2) is 11.4 Å². The number of carbonyl (C=O) groups excluding carboxylic acids is 2. The van der Waals surface area contributed by atoms with Crippen molar-refractivity contribution in [3.8, 4) is 0 Å². The van der Waals surface area contributed by atoms with Crippen LogP contribution in [0.1, 0.15) is 17.5 Å². The standard InChI is InChI=1S/C18H13Cl2NO3/c19-12-8-14(20)16-15(9-12)21-17(23)18(16,24)10-13(22)7-6-11-4-2-1-3-5-11/h1-9,24H,10H2,(H,21,23)/b7-6+.